The Bertz CT molecular complexity index is 481. The zero-order valence-corrected chi connectivity index (χ0v) is 15.4. The van der Waals surface area contributed by atoms with Crippen LogP contribution in [-0.2, 0) is 0 Å². The zero-order valence-electron chi connectivity index (χ0n) is 13.8. The van der Waals surface area contributed by atoms with Crippen LogP contribution in [0.5, 0.6) is 0 Å². The normalized spacial score (nSPS) is 17.5. The molecule has 1 saturated heterocycles. The average molecular weight is 370 g/mol. The van der Waals surface area contributed by atoms with Gasteiger partial charge in [-0.15, -0.1) is 0 Å². The summed E-state index contributed by atoms with van der Waals surface area (Å²) < 4.78 is 1.00. The predicted molar refractivity (Wildman–Crippen MR) is 97.4 cm³/mol. The van der Waals surface area contributed by atoms with E-state index in [4.69, 9.17) is 0 Å². The maximum absolute atomic E-state index is 10.3. The molecule has 1 aliphatic heterocycles. The minimum Gasteiger partial charge on any atom is -0.382 e. The van der Waals surface area contributed by atoms with Gasteiger partial charge in [0.1, 0.15) is 6.23 Å². The number of hydrogen-bond acceptors (Lipinski definition) is 4. The van der Waals surface area contributed by atoms with Crippen LogP contribution in [0.4, 0.5) is 11.4 Å². The summed E-state index contributed by atoms with van der Waals surface area (Å²) >= 11 is 3.50. The quantitative estimate of drug-likeness (QED) is 0.668. The van der Waals surface area contributed by atoms with Gasteiger partial charge in [0.05, 0.1) is 11.4 Å². The van der Waals surface area contributed by atoms with Gasteiger partial charge in [-0.25, -0.2) is 0 Å². The summed E-state index contributed by atoms with van der Waals surface area (Å²) in [4.78, 5) is 2.49. The van der Waals surface area contributed by atoms with Crippen molar-refractivity contribution in [2.24, 2.45) is 5.41 Å². The molecule has 0 aliphatic carbocycles. The number of anilines is 2. The number of rotatable bonds is 6. The number of hydrogen-bond donors (Lipinski definition) is 3. The summed E-state index contributed by atoms with van der Waals surface area (Å²) in [6.45, 7) is 10.5. The Balaban J connectivity index is 1.97. The van der Waals surface area contributed by atoms with Crippen molar-refractivity contribution in [1.29, 1.82) is 0 Å². The second-order valence-electron chi connectivity index (χ2n) is 7.08. The van der Waals surface area contributed by atoms with E-state index in [9.17, 15) is 5.11 Å². The fraction of sp³-hybridized carbons (Fsp3) is 0.647. The Kier molecular flexibility index (Phi) is 6.12. The standard InChI is InChI=1S/C17H28BrN3O/c1-17(2,3)16(22)20-15-12-13(18)6-7-14(15)19-8-11-21-9-4-5-10-21/h6-7,12,16,19-20,22H,4-5,8-11H2,1-3H3. The van der Waals surface area contributed by atoms with Crippen LogP contribution in [0, 0.1) is 5.41 Å². The summed E-state index contributed by atoms with van der Waals surface area (Å²) in [5.41, 5.74) is 1.75. The van der Waals surface area contributed by atoms with Gasteiger partial charge in [0.15, 0.2) is 0 Å². The van der Waals surface area contributed by atoms with Crippen molar-refractivity contribution in [3.8, 4) is 0 Å². The van der Waals surface area contributed by atoms with E-state index in [2.05, 4.69) is 31.5 Å². The number of nitrogens with one attached hydrogen (secondary N) is 2. The molecule has 0 amide bonds. The molecule has 0 bridgehead atoms. The molecule has 1 fully saturated rings. The molecule has 1 aromatic rings. The molecular formula is C17H28BrN3O. The molecule has 124 valence electrons. The van der Waals surface area contributed by atoms with Gasteiger partial charge >= 0.3 is 0 Å². The van der Waals surface area contributed by atoms with E-state index in [1.165, 1.54) is 25.9 Å². The minimum absolute atomic E-state index is 0.213. The largest absolute Gasteiger partial charge is 0.382 e. The van der Waals surface area contributed by atoms with E-state index in [1.54, 1.807) is 0 Å². The average Bonchev–Trinajstić information content (AvgIpc) is 2.93. The second kappa shape index (κ2) is 7.66. The third-order valence-electron chi connectivity index (χ3n) is 4.04. The predicted octanol–water partition coefficient (Wildman–Crippen LogP) is 3.73. The van der Waals surface area contributed by atoms with Gasteiger partial charge in [-0.3, -0.25) is 0 Å². The Morgan fingerprint density at radius 2 is 1.91 bits per heavy atom. The number of halogens is 1. The first-order chi connectivity index (χ1) is 10.4. The third-order valence-corrected chi connectivity index (χ3v) is 4.53. The number of aliphatic hydroxyl groups excluding tert-OH is 1. The lowest BCUT2D eigenvalue weighted by Crippen LogP contribution is -2.34. The number of benzene rings is 1. The van der Waals surface area contributed by atoms with Crippen LogP contribution in [0.2, 0.25) is 0 Å². The highest BCUT2D eigenvalue weighted by Gasteiger charge is 2.22. The van der Waals surface area contributed by atoms with Crippen molar-refractivity contribution < 1.29 is 5.11 Å². The molecule has 1 heterocycles. The lowest BCUT2D eigenvalue weighted by molar-refractivity contribution is 0.0881. The van der Waals surface area contributed by atoms with Crippen LogP contribution in [0.25, 0.3) is 0 Å². The van der Waals surface area contributed by atoms with Crippen LogP contribution < -0.4 is 10.6 Å². The first kappa shape index (κ1) is 17.6. The molecule has 1 aromatic carbocycles. The summed E-state index contributed by atoms with van der Waals surface area (Å²) in [5.74, 6) is 0. The Hall–Kier alpha value is -0.780. The molecule has 1 aliphatic rings. The van der Waals surface area contributed by atoms with E-state index in [0.29, 0.717) is 0 Å². The van der Waals surface area contributed by atoms with Gasteiger partial charge < -0.3 is 20.6 Å². The highest BCUT2D eigenvalue weighted by molar-refractivity contribution is 9.10. The van der Waals surface area contributed by atoms with Crippen LogP contribution in [0.1, 0.15) is 33.6 Å². The van der Waals surface area contributed by atoms with E-state index in [1.807, 2.05) is 39.0 Å². The summed E-state index contributed by atoms with van der Waals surface area (Å²) in [7, 11) is 0. The van der Waals surface area contributed by atoms with Crippen LogP contribution in [0.3, 0.4) is 0 Å². The minimum atomic E-state index is -0.596. The van der Waals surface area contributed by atoms with Crippen LogP contribution in [-0.4, -0.2) is 42.4 Å². The summed E-state index contributed by atoms with van der Waals surface area (Å²) in [6, 6.07) is 6.08. The lowest BCUT2D eigenvalue weighted by Gasteiger charge is -2.28. The molecule has 0 aromatic heterocycles. The molecule has 1 atom stereocenters. The number of nitrogens with zero attached hydrogens (tertiary/aromatic N) is 1. The van der Waals surface area contributed by atoms with Crippen molar-refractivity contribution in [1.82, 2.24) is 4.90 Å². The molecule has 0 spiro atoms. The van der Waals surface area contributed by atoms with Gasteiger partial charge in [0.25, 0.3) is 0 Å². The Labute approximate surface area is 142 Å². The molecule has 22 heavy (non-hydrogen) atoms. The van der Waals surface area contributed by atoms with Crippen molar-refractivity contribution in [2.75, 3.05) is 36.8 Å². The molecule has 3 N–H and O–H groups in total. The van der Waals surface area contributed by atoms with Crippen LogP contribution >= 0.6 is 15.9 Å². The maximum atomic E-state index is 10.3. The van der Waals surface area contributed by atoms with Gasteiger partial charge in [0, 0.05) is 23.0 Å². The molecule has 1 unspecified atom stereocenters. The highest BCUT2D eigenvalue weighted by atomic mass is 79.9. The van der Waals surface area contributed by atoms with E-state index < -0.39 is 6.23 Å². The maximum Gasteiger partial charge on any atom is 0.129 e. The van der Waals surface area contributed by atoms with Crippen molar-refractivity contribution >= 4 is 27.3 Å². The Morgan fingerprint density at radius 3 is 2.55 bits per heavy atom. The van der Waals surface area contributed by atoms with E-state index >= 15 is 0 Å². The molecule has 2 rings (SSSR count). The fourth-order valence-electron chi connectivity index (χ4n) is 2.51. The van der Waals surface area contributed by atoms with E-state index in [0.717, 1.165) is 28.9 Å². The number of aliphatic hydroxyl groups is 1. The molecular weight excluding hydrogens is 342 g/mol. The SMILES string of the molecule is CC(C)(C)C(O)Nc1cc(Br)ccc1NCCN1CCCC1. The summed E-state index contributed by atoms with van der Waals surface area (Å²) in [5, 5.41) is 17.0. The fourth-order valence-corrected chi connectivity index (χ4v) is 2.87. The highest BCUT2D eigenvalue weighted by Crippen LogP contribution is 2.29. The second-order valence-corrected chi connectivity index (χ2v) is 7.99. The van der Waals surface area contributed by atoms with Crippen molar-refractivity contribution in [3.63, 3.8) is 0 Å². The molecule has 0 saturated carbocycles. The first-order valence-electron chi connectivity index (χ1n) is 8.06. The van der Waals surface area contributed by atoms with Crippen molar-refractivity contribution in [3.05, 3.63) is 22.7 Å². The summed E-state index contributed by atoms with van der Waals surface area (Å²) in [6.07, 6.45) is 2.05. The van der Waals surface area contributed by atoms with Gasteiger partial charge in [-0.05, 0) is 44.1 Å². The zero-order chi connectivity index (χ0) is 16.2. The first-order valence-corrected chi connectivity index (χ1v) is 8.86. The third kappa shape index (κ3) is 5.14. The van der Waals surface area contributed by atoms with Crippen LogP contribution in [0.15, 0.2) is 22.7 Å². The number of likely N-dealkylation sites (tertiary alicyclic amines) is 1. The Morgan fingerprint density at radius 1 is 1.23 bits per heavy atom. The van der Waals surface area contributed by atoms with Gasteiger partial charge in [-0.1, -0.05) is 36.7 Å². The lowest BCUT2D eigenvalue weighted by atomic mass is 9.94. The topological polar surface area (TPSA) is 47.5 Å². The van der Waals surface area contributed by atoms with Crippen molar-refractivity contribution in [2.45, 2.75) is 39.8 Å². The molecule has 4 nitrogen and oxygen atoms in total. The van der Waals surface area contributed by atoms with Gasteiger partial charge in [-0.2, -0.15) is 0 Å². The van der Waals surface area contributed by atoms with Gasteiger partial charge in [0.2, 0.25) is 0 Å². The molecule has 5 heteroatoms. The van der Waals surface area contributed by atoms with E-state index in [-0.39, 0.29) is 5.41 Å². The molecule has 0 radical (unpaired) electrons. The smallest absolute Gasteiger partial charge is 0.129 e. The monoisotopic (exact) mass is 369 g/mol.